The van der Waals surface area contributed by atoms with Crippen LogP contribution in [0.4, 0.5) is 10.1 Å². The summed E-state index contributed by atoms with van der Waals surface area (Å²) < 4.78 is 14.4. The van der Waals surface area contributed by atoms with Crippen molar-refractivity contribution >= 4 is 17.4 Å². The molecule has 0 aliphatic carbocycles. The molecule has 1 N–H and O–H groups in total. The second kappa shape index (κ2) is 7.50. The summed E-state index contributed by atoms with van der Waals surface area (Å²) in [7, 11) is 0. The number of anilines is 1. The first kappa shape index (κ1) is 16.6. The van der Waals surface area contributed by atoms with Crippen LogP contribution in [0.15, 0.2) is 18.2 Å². The van der Waals surface area contributed by atoms with Crippen molar-refractivity contribution in [2.75, 3.05) is 24.5 Å². The van der Waals surface area contributed by atoms with Crippen molar-refractivity contribution in [2.24, 2.45) is 0 Å². The first-order valence-corrected chi connectivity index (χ1v) is 8.89. The number of benzene rings is 1. The smallest absolute Gasteiger partial charge is 0.130 e. The molecule has 0 aromatic heterocycles. The summed E-state index contributed by atoms with van der Waals surface area (Å²) in [5, 5.41) is 4.59. The van der Waals surface area contributed by atoms with Crippen LogP contribution < -0.4 is 10.2 Å². The topological polar surface area (TPSA) is 15.3 Å². The average Bonchev–Trinajstić information content (AvgIpc) is 2.43. The minimum Gasteiger partial charge on any atom is -0.369 e. The van der Waals surface area contributed by atoms with Crippen molar-refractivity contribution in [3.8, 4) is 0 Å². The number of rotatable bonds is 5. The Morgan fingerprint density at radius 1 is 1.33 bits per heavy atom. The second-order valence-corrected chi connectivity index (χ2v) is 7.89. The Kier molecular flexibility index (Phi) is 5.94. The summed E-state index contributed by atoms with van der Waals surface area (Å²) in [5.74, 6) is -0.0952. The molecule has 1 aromatic rings. The molecule has 2 nitrogen and oxygen atoms in total. The van der Waals surface area contributed by atoms with Gasteiger partial charge in [0.05, 0.1) is 0 Å². The standard InChI is InChI=1S/C17H27FN2S/c1-5-9-19-14(4)17-15(18)7-6-8-16(17)20-10-12(2)21-13(3)11-20/h6-8,12-14,19H,5,9-11H2,1-4H3. The number of hydrogen-bond donors (Lipinski definition) is 1. The first-order chi connectivity index (χ1) is 10.0. The average molecular weight is 310 g/mol. The second-order valence-electron chi connectivity index (χ2n) is 6.01. The van der Waals surface area contributed by atoms with Gasteiger partial charge >= 0.3 is 0 Å². The van der Waals surface area contributed by atoms with Crippen LogP contribution in [0.1, 0.15) is 45.7 Å². The van der Waals surface area contributed by atoms with Gasteiger partial charge in [-0.25, -0.2) is 4.39 Å². The monoisotopic (exact) mass is 310 g/mol. The van der Waals surface area contributed by atoms with Gasteiger partial charge in [-0.05, 0) is 32.0 Å². The zero-order valence-corrected chi connectivity index (χ0v) is 14.3. The molecule has 21 heavy (non-hydrogen) atoms. The molecule has 1 aliphatic rings. The van der Waals surface area contributed by atoms with Gasteiger partial charge in [0.2, 0.25) is 0 Å². The number of nitrogens with zero attached hydrogens (tertiary/aromatic N) is 1. The van der Waals surface area contributed by atoms with E-state index in [2.05, 4.69) is 44.0 Å². The Morgan fingerprint density at radius 3 is 2.62 bits per heavy atom. The SMILES string of the molecule is CCCNC(C)c1c(F)cccc1N1CC(C)SC(C)C1. The molecular weight excluding hydrogens is 283 g/mol. The lowest BCUT2D eigenvalue weighted by atomic mass is 10.0. The van der Waals surface area contributed by atoms with E-state index in [-0.39, 0.29) is 11.9 Å². The van der Waals surface area contributed by atoms with Crippen LogP contribution in [-0.4, -0.2) is 30.1 Å². The zero-order valence-electron chi connectivity index (χ0n) is 13.5. The molecule has 0 bridgehead atoms. The van der Waals surface area contributed by atoms with Gasteiger partial charge in [-0.2, -0.15) is 11.8 Å². The molecule has 2 rings (SSSR count). The third-order valence-corrected chi connectivity index (χ3v) is 5.15. The van der Waals surface area contributed by atoms with Crippen LogP contribution in [0, 0.1) is 5.82 Å². The van der Waals surface area contributed by atoms with Gasteiger partial charge in [0.25, 0.3) is 0 Å². The van der Waals surface area contributed by atoms with E-state index in [1.165, 1.54) is 0 Å². The van der Waals surface area contributed by atoms with E-state index in [4.69, 9.17) is 0 Å². The van der Waals surface area contributed by atoms with Crippen LogP contribution in [0.5, 0.6) is 0 Å². The zero-order chi connectivity index (χ0) is 15.4. The summed E-state index contributed by atoms with van der Waals surface area (Å²) in [4.78, 5) is 2.36. The highest BCUT2D eigenvalue weighted by molar-refractivity contribution is 8.00. The van der Waals surface area contributed by atoms with Crippen LogP contribution in [0.25, 0.3) is 0 Å². The summed E-state index contributed by atoms with van der Waals surface area (Å²) in [5.41, 5.74) is 1.88. The van der Waals surface area contributed by atoms with E-state index >= 15 is 0 Å². The minimum absolute atomic E-state index is 0.0429. The maximum absolute atomic E-state index is 14.4. The van der Waals surface area contributed by atoms with Crippen molar-refractivity contribution < 1.29 is 4.39 Å². The van der Waals surface area contributed by atoms with Gasteiger partial charge < -0.3 is 10.2 Å². The molecule has 118 valence electrons. The molecule has 1 fully saturated rings. The molecular formula is C17H27FN2S. The molecule has 1 saturated heterocycles. The molecule has 0 radical (unpaired) electrons. The Bertz CT molecular complexity index is 456. The predicted octanol–water partition coefficient (Wildman–Crippen LogP) is 4.22. The van der Waals surface area contributed by atoms with E-state index in [0.29, 0.717) is 10.5 Å². The van der Waals surface area contributed by atoms with Crippen molar-refractivity contribution in [1.82, 2.24) is 5.32 Å². The van der Waals surface area contributed by atoms with Crippen molar-refractivity contribution in [3.63, 3.8) is 0 Å². The molecule has 1 aromatic carbocycles. The van der Waals surface area contributed by atoms with Gasteiger partial charge in [-0.15, -0.1) is 0 Å². The number of halogens is 1. The quantitative estimate of drug-likeness (QED) is 0.877. The third kappa shape index (κ3) is 4.13. The number of hydrogen-bond acceptors (Lipinski definition) is 3. The normalized spacial score (nSPS) is 24.1. The van der Waals surface area contributed by atoms with E-state index < -0.39 is 0 Å². The lowest BCUT2D eigenvalue weighted by molar-refractivity contribution is 0.525. The van der Waals surface area contributed by atoms with Crippen molar-refractivity contribution in [2.45, 2.75) is 50.7 Å². The third-order valence-electron chi connectivity index (χ3n) is 3.92. The Balaban J connectivity index is 2.28. The highest BCUT2D eigenvalue weighted by Gasteiger charge is 2.26. The van der Waals surface area contributed by atoms with E-state index in [0.717, 1.165) is 37.3 Å². The molecule has 3 unspecified atom stereocenters. The fraction of sp³-hybridized carbons (Fsp3) is 0.647. The Labute approximate surface area is 132 Å². The Morgan fingerprint density at radius 2 is 2.00 bits per heavy atom. The molecule has 0 saturated carbocycles. The highest BCUT2D eigenvalue weighted by atomic mass is 32.2. The number of nitrogens with one attached hydrogen (secondary N) is 1. The largest absolute Gasteiger partial charge is 0.369 e. The van der Waals surface area contributed by atoms with Gasteiger partial charge in [-0.3, -0.25) is 0 Å². The van der Waals surface area contributed by atoms with E-state index in [1.54, 1.807) is 6.07 Å². The van der Waals surface area contributed by atoms with Gasteiger partial charge in [0, 0.05) is 40.9 Å². The van der Waals surface area contributed by atoms with Crippen LogP contribution in [-0.2, 0) is 0 Å². The Hall–Kier alpha value is -0.740. The maximum Gasteiger partial charge on any atom is 0.130 e. The lowest BCUT2D eigenvalue weighted by Crippen LogP contribution is -2.41. The summed E-state index contributed by atoms with van der Waals surface area (Å²) >= 11 is 2.02. The van der Waals surface area contributed by atoms with Crippen LogP contribution in [0.2, 0.25) is 0 Å². The molecule has 1 aliphatic heterocycles. The fourth-order valence-electron chi connectivity index (χ4n) is 3.07. The molecule has 4 heteroatoms. The minimum atomic E-state index is -0.0952. The van der Waals surface area contributed by atoms with Crippen molar-refractivity contribution in [1.29, 1.82) is 0 Å². The molecule has 0 amide bonds. The maximum atomic E-state index is 14.4. The van der Waals surface area contributed by atoms with E-state index in [9.17, 15) is 4.39 Å². The first-order valence-electron chi connectivity index (χ1n) is 7.95. The lowest BCUT2D eigenvalue weighted by Gasteiger charge is -2.38. The number of thioether (sulfide) groups is 1. The molecule has 1 heterocycles. The molecule has 3 atom stereocenters. The van der Waals surface area contributed by atoms with E-state index in [1.807, 2.05) is 17.8 Å². The van der Waals surface area contributed by atoms with Crippen molar-refractivity contribution in [3.05, 3.63) is 29.6 Å². The van der Waals surface area contributed by atoms with Crippen LogP contribution in [0.3, 0.4) is 0 Å². The van der Waals surface area contributed by atoms with Gasteiger partial charge in [0.15, 0.2) is 0 Å². The fourth-order valence-corrected chi connectivity index (χ4v) is 4.39. The highest BCUT2D eigenvalue weighted by Crippen LogP contribution is 2.34. The van der Waals surface area contributed by atoms with Crippen LogP contribution >= 0.6 is 11.8 Å². The van der Waals surface area contributed by atoms with Gasteiger partial charge in [0.1, 0.15) is 5.82 Å². The summed E-state index contributed by atoms with van der Waals surface area (Å²) in [6.45, 7) is 11.6. The molecule has 0 spiro atoms. The van der Waals surface area contributed by atoms with Gasteiger partial charge in [-0.1, -0.05) is 26.8 Å². The predicted molar refractivity (Wildman–Crippen MR) is 91.8 cm³/mol. The summed E-state index contributed by atoms with van der Waals surface area (Å²) in [6, 6.07) is 5.52. The summed E-state index contributed by atoms with van der Waals surface area (Å²) in [6.07, 6.45) is 1.06.